The Labute approximate surface area is 58.3 Å². The Morgan fingerprint density at radius 3 is 3.20 bits per heavy atom. The van der Waals surface area contributed by atoms with E-state index in [2.05, 4.69) is 20.7 Å². The molecule has 2 N–H and O–H groups in total. The van der Waals surface area contributed by atoms with Gasteiger partial charge in [-0.2, -0.15) is 15.4 Å². The molecule has 1 aliphatic rings. The van der Waals surface area contributed by atoms with Crippen LogP contribution in [-0.2, 0) is 0 Å². The minimum Gasteiger partial charge on any atom is -0.383 e. The van der Waals surface area contributed by atoms with Crippen LogP contribution < -0.4 is 5.32 Å². The summed E-state index contributed by atoms with van der Waals surface area (Å²) in [7, 11) is 0. The maximum Gasteiger partial charge on any atom is 0.112 e. The predicted molar refractivity (Wildman–Crippen MR) is 37.0 cm³/mol. The number of aromatic amines is 1. The second kappa shape index (κ2) is 1.83. The van der Waals surface area contributed by atoms with Crippen molar-refractivity contribution in [2.45, 2.75) is 13.0 Å². The highest BCUT2D eigenvalue weighted by molar-refractivity contribution is 5.49. The van der Waals surface area contributed by atoms with Crippen molar-refractivity contribution in [3.8, 4) is 0 Å². The fraction of sp³-hybridized carbons (Fsp3) is 0.333. The zero-order valence-corrected chi connectivity index (χ0v) is 5.63. The number of aromatic nitrogens is 3. The van der Waals surface area contributed by atoms with Crippen LogP contribution in [0.4, 0.5) is 0 Å². The molecule has 2 rings (SSSR count). The van der Waals surface area contributed by atoms with Crippen LogP contribution in [0.1, 0.15) is 24.4 Å². The van der Waals surface area contributed by atoms with Gasteiger partial charge < -0.3 is 5.32 Å². The van der Waals surface area contributed by atoms with Crippen molar-refractivity contribution in [3.05, 3.63) is 17.6 Å². The van der Waals surface area contributed by atoms with E-state index in [1.807, 2.05) is 19.2 Å². The number of rotatable bonds is 0. The minimum absolute atomic E-state index is 0.277. The van der Waals surface area contributed by atoms with Crippen LogP contribution in [0.2, 0.25) is 0 Å². The van der Waals surface area contributed by atoms with Gasteiger partial charge in [0.15, 0.2) is 0 Å². The molecule has 52 valence electrons. The third kappa shape index (κ3) is 0.618. The maximum atomic E-state index is 3.99. The van der Waals surface area contributed by atoms with E-state index in [0.29, 0.717) is 0 Å². The quantitative estimate of drug-likeness (QED) is 0.544. The van der Waals surface area contributed by atoms with Gasteiger partial charge in [-0.25, -0.2) is 0 Å². The molecule has 0 radical (unpaired) electrons. The lowest BCUT2D eigenvalue weighted by molar-refractivity contribution is 0.654. The van der Waals surface area contributed by atoms with Gasteiger partial charge >= 0.3 is 0 Å². The Bertz CT molecular complexity index is 262. The van der Waals surface area contributed by atoms with Crippen molar-refractivity contribution in [2.24, 2.45) is 0 Å². The molecule has 1 unspecified atom stereocenters. The molecule has 1 aliphatic heterocycles. The molecule has 4 heteroatoms. The van der Waals surface area contributed by atoms with Crippen LogP contribution in [0.25, 0.3) is 6.08 Å². The number of nitrogens with one attached hydrogen (secondary N) is 2. The molecule has 0 saturated heterocycles. The van der Waals surface area contributed by atoms with Crippen LogP contribution >= 0.6 is 0 Å². The summed E-state index contributed by atoms with van der Waals surface area (Å²) >= 11 is 0. The van der Waals surface area contributed by atoms with Crippen LogP contribution in [0.15, 0.2) is 6.20 Å². The zero-order chi connectivity index (χ0) is 6.97. The maximum absolute atomic E-state index is 3.99. The van der Waals surface area contributed by atoms with Crippen LogP contribution in [0.3, 0.4) is 0 Å². The van der Waals surface area contributed by atoms with Crippen molar-refractivity contribution in [1.82, 2.24) is 20.7 Å². The first kappa shape index (κ1) is 5.46. The Hall–Kier alpha value is -1.32. The molecular weight excluding hydrogens is 128 g/mol. The van der Waals surface area contributed by atoms with Gasteiger partial charge in [0.1, 0.15) is 11.4 Å². The summed E-state index contributed by atoms with van der Waals surface area (Å²) in [4.78, 5) is 0. The Morgan fingerprint density at radius 2 is 2.40 bits per heavy atom. The van der Waals surface area contributed by atoms with Gasteiger partial charge in [-0.15, -0.1) is 0 Å². The van der Waals surface area contributed by atoms with E-state index >= 15 is 0 Å². The highest BCUT2D eigenvalue weighted by atomic mass is 15.3. The standard InChI is InChI=1S/C6H8N4/c1-4-6-5(2-3-7-4)8-10-9-6/h2-4,7H,1H3,(H,8,9,10). The van der Waals surface area contributed by atoms with E-state index in [0.717, 1.165) is 11.4 Å². The van der Waals surface area contributed by atoms with E-state index in [1.165, 1.54) is 0 Å². The SMILES string of the molecule is CC1NC=Cc2n[nH]nc21. The van der Waals surface area contributed by atoms with Gasteiger partial charge in [0.2, 0.25) is 0 Å². The van der Waals surface area contributed by atoms with E-state index in [1.54, 1.807) is 0 Å². The average Bonchev–Trinajstić information content (AvgIpc) is 2.36. The molecule has 1 atom stereocenters. The van der Waals surface area contributed by atoms with Gasteiger partial charge in [0, 0.05) is 0 Å². The zero-order valence-electron chi connectivity index (χ0n) is 5.63. The summed E-state index contributed by atoms with van der Waals surface area (Å²) in [5.41, 5.74) is 1.92. The summed E-state index contributed by atoms with van der Waals surface area (Å²) in [6.45, 7) is 2.05. The predicted octanol–water partition coefficient (Wildman–Crippen LogP) is 0.440. The molecule has 4 nitrogen and oxygen atoms in total. The lowest BCUT2D eigenvalue weighted by Gasteiger charge is -2.12. The first-order valence-electron chi connectivity index (χ1n) is 3.21. The highest BCUT2D eigenvalue weighted by Crippen LogP contribution is 2.16. The van der Waals surface area contributed by atoms with Crippen molar-refractivity contribution in [3.63, 3.8) is 0 Å². The van der Waals surface area contributed by atoms with Crippen LogP contribution in [0.5, 0.6) is 0 Å². The second-order valence-electron chi connectivity index (χ2n) is 2.32. The first-order valence-corrected chi connectivity index (χ1v) is 3.21. The Morgan fingerprint density at radius 1 is 1.50 bits per heavy atom. The molecule has 0 saturated carbocycles. The van der Waals surface area contributed by atoms with Crippen LogP contribution in [-0.4, -0.2) is 15.4 Å². The summed E-state index contributed by atoms with van der Waals surface area (Å²) in [5, 5.41) is 13.6. The molecule has 10 heavy (non-hydrogen) atoms. The minimum atomic E-state index is 0.277. The van der Waals surface area contributed by atoms with E-state index in [4.69, 9.17) is 0 Å². The lowest BCUT2D eigenvalue weighted by atomic mass is 10.1. The van der Waals surface area contributed by atoms with Crippen molar-refractivity contribution < 1.29 is 0 Å². The van der Waals surface area contributed by atoms with Crippen LogP contribution in [0, 0.1) is 0 Å². The molecule has 0 fully saturated rings. The van der Waals surface area contributed by atoms with E-state index in [-0.39, 0.29) is 6.04 Å². The summed E-state index contributed by atoms with van der Waals surface area (Å²) in [6, 6.07) is 0.277. The normalized spacial score (nSPS) is 21.9. The molecule has 1 aromatic rings. The largest absolute Gasteiger partial charge is 0.383 e. The fourth-order valence-corrected chi connectivity index (χ4v) is 1.04. The molecule has 0 aromatic carbocycles. The van der Waals surface area contributed by atoms with Gasteiger partial charge in [0.05, 0.1) is 6.04 Å². The third-order valence-corrected chi connectivity index (χ3v) is 1.60. The Kier molecular flexibility index (Phi) is 1.00. The topological polar surface area (TPSA) is 53.6 Å². The number of hydrogen-bond acceptors (Lipinski definition) is 3. The number of fused-ring (bicyclic) bond motifs is 1. The second-order valence-corrected chi connectivity index (χ2v) is 2.32. The smallest absolute Gasteiger partial charge is 0.112 e. The third-order valence-electron chi connectivity index (χ3n) is 1.60. The van der Waals surface area contributed by atoms with Gasteiger partial charge in [0.25, 0.3) is 0 Å². The molecule has 0 spiro atoms. The molecule has 1 aromatic heterocycles. The van der Waals surface area contributed by atoms with E-state index < -0.39 is 0 Å². The monoisotopic (exact) mass is 136 g/mol. The lowest BCUT2D eigenvalue weighted by Crippen LogP contribution is -2.16. The molecule has 0 bridgehead atoms. The Balaban J connectivity index is 2.52. The number of hydrogen-bond donors (Lipinski definition) is 2. The van der Waals surface area contributed by atoms with E-state index in [9.17, 15) is 0 Å². The highest BCUT2D eigenvalue weighted by Gasteiger charge is 2.14. The first-order chi connectivity index (χ1) is 4.88. The van der Waals surface area contributed by atoms with Crippen molar-refractivity contribution in [1.29, 1.82) is 0 Å². The fourth-order valence-electron chi connectivity index (χ4n) is 1.04. The number of H-pyrrole nitrogens is 1. The van der Waals surface area contributed by atoms with Gasteiger partial charge in [-0.1, -0.05) is 0 Å². The van der Waals surface area contributed by atoms with Gasteiger partial charge in [-0.05, 0) is 19.2 Å². The molecular formula is C6H8N4. The molecule has 2 heterocycles. The van der Waals surface area contributed by atoms with Crippen molar-refractivity contribution >= 4 is 6.08 Å². The summed E-state index contributed by atoms with van der Waals surface area (Å²) in [5.74, 6) is 0. The van der Waals surface area contributed by atoms with Gasteiger partial charge in [-0.3, -0.25) is 0 Å². The average molecular weight is 136 g/mol. The van der Waals surface area contributed by atoms with Crippen molar-refractivity contribution in [2.75, 3.05) is 0 Å². The summed E-state index contributed by atoms with van der Waals surface area (Å²) in [6.07, 6.45) is 3.79. The molecule has 0 aliphatic carbocycles. The summed E-state index contributed by atoms with van der Waals surface area (Å²) < 4.78 is 0. The number of nitrogens with zero attached hydrogens (tertiary/aromatic N) is 2. The molecule has 0 amide bonds.